The Kier molecular flexibility index (Phi) is 6.68. The number of piperazine rings is 1. The van der Waals surface area contributed by atoms with Crippen molar-refractivity contribution in [1.29, 1.82) is 0 Å². The van der Waals surface area contributed by atoms with Crippen LogP contribution in [0.2, 0.25) is 0 Å². The molecule has 2 heterocycles. The average Bonchev–Trinajstić information content (AvgIpc) is 2.58. The number of alkyl halides is 4. The van der Waals surface area contributed by atoms with E-state index in [4.69, 9.17) is 16.3 Å². The van der Waals surface area contributed by atoms with E-state index < -0.39 is 23.6 Å². The molecule has 0 spiro atoms. The smallest absolute Gasteiger partial charge is 0.433 e. The standard InChI is InChI=1S/C18H26ClF3N4O2/c1-11(2)13-10-25(16(27)28-17(3,4)5)6-7-26(13)15-23-9-12(8-19)14(24-15)18(20,21)22/h9,11,13H,6-8,10H2,1-5H3/t13-/m0/s1. The number of aromatic nitrogens is 2. The van der Waals surface area contributed by atoms with Crippen molar-refractivity contribution in [2.45, 2.75) is 58.3 Å². The average molecular weight is 423 g/mol. The van der Waals surface area contributed by atoms with E-state index in [9.17, 15) is 18.0 Å². The second kappa shape index (κ2) is 8.31. The molecular weight excluding hydrogens is 397 g/mol. The van der Waals surface area contributed by atoms with Gasteiger partial charge in [0.05, 0.1) is 11.9 Å². The van der Waals surface area contributed by atoms with Crippen molar-refractivity contribution >= 4 is 23.6 Å². The number of carbonyl (C=O) groups excluding carboxylic acids is 1. The lowest BCUT2D eigenvalue weighted by atomic mass is 10.00. The molecule has 0 aromatic carbocycles. The van der Waals surface area contributed by atoms with Gasteiger partial charge in [-0.1, -0.05) is 13.8 Å². The zero-order valence-corrected chi connectivity index (χ0v) is 17.4. The van der Waals surface area contributed by atoms with Gasteiger partial charge in [0.1, 0.15) is 5.60 Å². The van der Waals surface area contributed by atoms with E-state index in [0.717, 1.165) is 6.20 Å². The number of anilines is 1. The molecule has 1 aliphatic heterocycles. The number of amides is 1. The van der Waals surface area contributed by atoms with E-state index >= 15 is 0 Å². The van der Waals surface area contributed by atoms with Gasteiger partial charge < -0.3 is 14.5 Å². The molecule has 28 heavy (non-hydrogen) atoms. The minimum atomic E-state index is -4.62. The monoisotopic (exact) mass is 422 g/mol. The number of rotatable bonds is 3. The minimum absolute atomic E-state index is 0.0104. The van der Waals surface area contributed by atoms with Gasteiger partial charge in [-0.05, 0) is 26.7 Å². The number of ether oxygens (including phenoxy) is 1. The van der Waals surface area contributed by atoms with Crippen LogP contribution in [0.1, 0.15) is 45.9 Å². The molecule has 2 rings (SSSR count). The Bertz CT molecular complexity index is 707. The molecule has 0 bridgehead atoms. The van der Waals surface area contributed by atoms with Crippen molar-refractivity contribution in [3.8, 4) is 0 Å². The van der Waals surface area contributed by atoms with Crippen molar-refractivity contribution in [3.63, 3.8) is 0 Å². The first kappa shape index (κ1) is 22.5. The first-order valence-electron chi connectivity index (χ1n) is 9.07. The van der Waals surface area contributed by atoms with Gasteiger partial charge >= 0.3 is 12.3 Å². The second-order valence-electron chi connectivity index (χ2n) is 8.11. The molecule has 0 unspecified atom stereocenters. The molecule has 0 radical (unpaired) electrons. The van der Waals surface area contributed by atoms with Crippen molar-refractivity contribution in [2.24, 2.45) is 5.92 Å². The summed E-state index contributed by atoms with van der Waals surface area (Å²) in [7, 11) is 0. The van der Waals surface area contributed by atoms with E-state index in [1.54, 1.807) is 30.6 Å². The SMILES string of the molecule is CC(C)[C@@H]1CN(C(=O)OC(C)(C)C)CCN1c1ncc(CCl)c(C(F)(F)F)n1. The molecule has 10 heteroatoms. The highest BCUT2D eigenvalue weighted by Crippen LogP contribution is 2.33. The summed E-state index contributed by atoms with van der Waals surface area (Å²) in [5.41, 5.74) is -1.81. The van der Waals surface area contributed by atoms with Gasteiger partial charge in [-0.2, -0.15) is 13.2 Å². The summed E-state index contributed by atoms with van der Waals surface area (Å²) in [5, 5.41) is 0. The molecule has 1 aromatic heterocycles. The maximum absolute atomic E-state index is 13.3. The predicted octanol–water partition coefficient (Wildman–Crippen LogP) is 4.32. The molecule has 1 amide bonds. The van der Waals surface area contributed by atoms with Gasteiger partial charge in [-0.3, -0.25) is 0 Å². The Morgan fingerprint density at radius 1 is 1.32 bits per heavy atom. The summed E-state index contributed by atoms with van der Waals surface area (Å²) in [4.78, 5) is 23.6. The number of hydrogen-bond donors (Lipinski definition) is 0. The Labute approximate surface area is 168 Å². The predicted molar refractivity (Wildman–Crippen MR) is 100 cm³/mol. The normalized spacial score (nSPS) is 18.6. The lowest BCUT2D eigenvalue weighted by Gasteiger charge is -2.43. The summed E-state index contributed by atoms with van der Waals surface area (Å²) in [6.07, 6.45) is -3.93. The van der Waals surface area contributed by atoms with Gasteiger partial charge in [0.25, 0.3) is 0 Å². The van der Waals surface area contributed by atoms with Crippen LogP contribution in [0.3, 0.4) is 0 Å². The van der Waals surface area contributed by atoms with E-state index in [2.05, 4.69) is 9.97 Å². The van der Waals surface area contributed by atoms with Crippen LogP contribution < -0.4 is 4.90 Å². The largest absolute Gasteiger partial charge is 0.444 e. The van der Waals surface area contributed by atoms with Crippen LogP contribution in [0.4, 0.5) is 23.9 Å². The van der Waals surface area contributed by atoms with Crippen LogP contribution >= 0.6 is 11.6 Å². The van der Waals surface area contributed by atoms with Crippen LogP contribution in [0, 0.1) is 5.92 Å². The highest BCUT2D eigenvalue weighted by Gasteiger charge is 2.39. The van der Waals surface area contributed by atoms with Crippen molar-refractivity contribution in [2.75, 3.05) is 24.5 Å². The van der Waals surface area contributed by atoms with Crippen LogP contribution in [0.15, 0.2) is 6.20 Å². The van der Waals surface area contributed by atoms with Crippen LogP contribution in [0.5, 0.6) is 0 Å². The van der Waals surface area contributed by atoms with Gasteiger partial charge in [0.2, 0.25) is 5.95 Å². The van der Waals surface area contributed by atoms with Gasteiger partial charge in [0.15, 0.2) is 5.69 Å². The van der Waals surface area contributed by atoms with Crippen molar-refractivity contribution in [3.05, 3.63) is 17.5 Å². The Balaban J connectivity index is 2.28. The van der Waals surface area contributed by atoms with E-state index in [-0.39, 0.29) is 29.4 Å². The fourth-order valence-electron chi connectivity index (χ4n) is 3.00. The maximum Gasteiger partial charge on any atom is 0.433 e. The zero-order chi connectivity index (χ0) is 21.3. The van der Waals surface area contributed by atoms with Gasteiger partial charge in [-0.25, -0.2) is 14.8 Å². The lowest BCUT2D eigenvalue weighted by Crippen LogP contribution is -2.58. The van der Waals surface area contributed by atoms with Crippen LogP contribution in [0.25, 0.3) is 0 Å². The first-order valence-corrected chi connectivity index (χ1v) is 9.60. The number of nitrogens with zero attached hydrogens (tertiary/aromatic N) is 4. The Hall–Kier alpha value is -1.77. The van der Waals surface area contributed by atoms with Crippen LogP contribution in [-0.4, -0.2) is 52.2 Å². The number of halogens is 4. The molecule has 158 valence electrons. The second-order valence-corrected chi connectivity index (χ2v) is 8.37. The highest BCUT2D eigenvalue weighted by atomic mass is 35.5. The topological polar surface area (TPSA) is 58.6 Å². The molecular formula is C18H26ClF3N4O2. The molecule has 0 aliphatic carbocycles. The third-order valence-electron chi connectivity index (χ3n) is 4.36. The molecule has 1 atom stereocenters. The molecule has 1 aromatic rings. The summed E-state index contributed by atoms with van der Waals surface area (Å²) in [6.45, 7) is 10.2. The van der Waals surface area contributed by atoms with Gasteiger partial charge in [-0.15, -0.1) is 11.6 Å². The summed E-state index contributed by atoms with van der Waals surface area (Å²) in [5.74, 6) is -0.283. The number of hydrogen-bond acceptors (Lipinski definition) is 5. The summed E-state index contributed by atoms with van der Waals surface area (Å²) >= 11 is 5.61. The molecule has 6 nitrogen and oxygen atoms in total. The van der Waals surface area contributed by atoms with E-state index in [1.807, 2.05) is 13.8 Å². The van der Waals surface area contributed by atoms with E-state index in [1.165, 1.54) is 0 Å². The Morgan fingerprint density at radius 3 is 2.46 bits per heavy atom. The molecule has 1 fully saturated rings. The third-order valence-corrected chi connectivity index (χ3v) is 4.65. The highest BCUT2D eigenvalue weighted by molar-refractivity contribution is 6.17. The molecule has 0 saturated carbocycles. The van der Waals surface area contributed by atoms with E-state index in [0.29, 0.717) is 19.6 Å². The Morgan fingerprint density at radius 2 is 1.96 bits per heavy atom. The molecule has 1 aliphatic rings. The number of carbonyl (C=O) groups is 1. The first-order chi connectivity index (χ1) is 12.8. The third kappa shape index (κ3) is 5.40. The fourth-order valence-corrected chi connectivity index (χ4v) is 3.20. The fraction of sp³-hybridized carbons (Fsp3) is 0.722. The summed E-state index contributed by atoms with van der Waals surface area (Å²) in [6, 6.07) is -0.246. The van der Waals surface area contributed by atoms with Gasteiger partial charge in [0, 0.05) is 31.4 Å². The lowest BCUT2D eigenvalue weighted by molar-refractivity contribution is -0.141. The molecule has 1 saturated heterocycles. The quantitative estimate of drug-likeness (QED) is 0.679. The minimum Gasteiger partial charge on any atom is -0.444 e. The van der Waals surface area contributed by atoms with Crippen LogP contribution in [-0.2, 0) is 16.8 Å². The maximum atomic E-state index is 13.3. The summed E-state index contributed by atoms with van der Waals surface area (Å²) < 4.78 is 45.4. The van der Waals surface area contributed by atoms with Crippen molar-refractivity contribution in [1.82, 2.24) is 14.9 Å². The van der Waals surface area contributed by atoms with Crippen molar-refractivity contribution < 1.29 is 22.7 Å². The zero-order valence-electron chi connectivity index (χ0n) is 16.7. The molecule has 0 N–H and O–H groups in total.